The van der Waals surface area contributed by atoms with Gasteiger partial charge in [-0.05, 0) is 116 Å². The molecule has 178 valence electrons. The Kier molecular flexibility index (Phi) is 6.83. The maximum atomic E-state index is 9.48. The van der Waals surface area contributed by atoms with Crippen molar-refractivity contribution < 1.29 is 19.7 Å². The number of ether oxygens (including phenoxy) is 2. The molecule has 36 heavy (non-hydrogen) atoms. The van der Waals surface area contributed by atoms with E-state index in [-0.39, 0.29) is 22.4 Å². The first kappa shape index (κ1) is 23.4. The molecule has 0 bridgehead atoms. The number of rotatable bonds is 7. The molecule has 0 radical (unpaired) electrons. The predicted octanol–water partition coefficient (Wildman–Crippen LogP) is 8.09. The molecule has 0 aromatic heterocycles. The Morgan fingerprint density at radius 1 is 0.417 bits per heavy atom. The van der Waals surface area contributed by atoms with E-state index in [2.05, 4.69) is 55.5 Å². The molecule has 0 aliphatic rings. The van der Waals surface area contributed by atoms with Crippen LogP contribution in [-0.2, 0) is 10.9 Å². The molecule has 0 atom stereocenters. The Labute approximate surface area is 213 Å². The summed E-state index contributed by atoms with van der Waals surface area (Å²) in [7, 11) is -0.316. The molecule has 5 heteroatoms. The molecular formula is C31H25O4S+. The first-order chi connectivity index (χ1) is 17.5. The third kappa shape index (κ3) is 5.65. The molecule has 0 heterocycles. The molecule has 0 amide bonds. The summed E-state index contributed by atoms with van der Waals surface area (Å²) in [6.07, 6.45) is 0. The van der Waals surface area contributed by atoms with Crippen LogP contribution in [0.2, 0.25) is 0 Å². The molecule has 2 N–H and O–H groups in total. The van der Waals surface area contributed by atoms with Crippen molar-refractivity contribution in [3.05, 3.63) is 127 Å². The summed E-state index contributed by atoms with van der Waals surface area (Å²) in [5.41, 5.74) is 1.22. The van der Waals surface area contributed by atoms with Crippen molar-refractivity contribution in [1.29, 1.82) is 0 Å². The maximum absolute atomic E-state index is 9.48. The number of aromatic hydroxyl groups is 2. The summed E-state index contributed by atoms with van der Waals surface area (Å²) < 4.78 is 11.9. The van der Waals surface area contributed by atoms with Crippen molar-refractivity contribution in [2.75, 3.05) is 0 Å². The molecule has 0 spiro atoms. The molecule has 0 unspecified atom stereocenters. The number of hydrogen-bond donors (Lipinski definition) is 2. The van der Waals surface area contributed by atoms with Crippen LogP contribution in [0.3, 0.4) is 0 Å². The number of hydrogen-bond acceptors (Lipinski definition) is 4. The highest BCUT2D eigenvalue weighted by molar-refractivity contribution is 7.97. The summed E-state index contributed by atoms with van der Waals surface area (Å²) in [6.45, 7) is 2.09. The van der Waals surface area contributed by atoms with Crippen molar-refractivity contribution in [1.82, 2.24) is 0 Å². The number of phenols is 2. The maximum Gasteiger partial charge on any atom is 0.166 e. The van der Waals surface area contributed by atoms with Gasteiger partial charge in [0.15, 0.2) is 14.7 Å². The van der Waals surface area contributed by atoms with Crippen LogP contribution in [0.15, 0.2) is 136 Å². The minimum absolute atomic E-state index is 0.208. The molecule has 0 saturated carbocycles. The fourth-order valence-corrected chi connectivity index (χ4v) is 5.71. The van der Waals surface area contributed by atoms with Crippen LogP contribution in [-0.4, -0.2) is 10.2 Å². The lowest BCUT2D eigenvalue weighted by molar-refractivity contribution is 0.464. The number of benzene rings is 5. The molecule has 0 saturated heterocycles. The second-order valence-electron chi connectivity index (χ2n) is 8.25. The summed E-state index contributed by atoms with van der Waals surface area (Å²) in [6, 6.07) is 38.3. The van der Waals surface area contributed by atoms with Gasteiger partial charge in [-0.2, -0.15) is 0 Å². The van der Waals surface area contributed by atoms with Gasteiger partial charge in [0, 0.05) is 0 Å². The number of phenolic OH excluding ortho intramolecular Hbond substituents is 2. The first-order valence-corrected chi connectivity index (χ1v) is 12.7. The Hall–Kier alpha value is -4.35. The van der Waals surface area contributed by atoms with E-state index >= 15 is 0 Å². The third-order valence-corrected chi connectivity index (χ3v) is 7.75. The van der Waals surface area contributed by atoms with Crippen LogP contribution in [0.25, 0.3) is 0 Å². The predicted molar refractivity (Wildman–Crippen MR) is 143 cm³/mol. The van der Waals surface area contributed by atoms with E-state index < -0.39 is 0 Å². The molecule has 0 fully saturated rings. The molecule has 5 aromatic rings. The van der Waals surface area contributed by atoms with Gasteiger partial charge in [-0.3, -0.25) is 0 Å². The monoisotopic (exact) mass is 493 g/mol. The van der Waals surface area contributed by atoms with Crippen molar-refractivity contribution in [3.63, 3.8) is 0 Å². The number of aryl methyl sites for hydroxylation is 1. The van der Waals surface area contributed by atoms with Gasteiger partial charge >= 0.3 is 0 Å². The van der Waals surface area contributed by atoms with E-state index in [0.29, 0.717) is 11.5 Å². The highest BCUT2D eigenvalue weighted by atomic mass is 32.2. The SMILES string of the molecule is Cc1ccc([S+](c2ccc(Oc3ccc(O)cc3)cc2)c2ccc(Oc3ccc(O)cc3)cc2)cc1. The topological polar surface area (TPSA) is 58.9 Å². The van der Waals surface area contributed by atoms with Crippen molar-refractivity contribution in [2.45, 2.75) is 21.6 Å². The summed E-state index contributed by atoms with van der Waals surface area (Å²) in [5.74, 6) is 3.22. The third-order valence-electron chi connectivity index (χ3n) is 5.52. The van der Waals surface area contributed by atoms with E-state index in [1.807, 2.05) is 24.3 Å². The van der Waals surface area contributed by atoms with Crippen LogP contribution < -0.4 is 9.47 Å². The molecule has 5 aromatic carbocycles. The zero-order valence-electron chi connectivity index (χ0n) is 19.7. The lowest BCUT2D eigenvalue weighted by Gasteiger charge is -2.11. The van der Waals surface area contributed by atoms with Gasteiger partial charge in [-0.15, -0.1) is 0 Å². The van der Waals surface area contributed by atoms with E-state index in [1.165, 1.54) is 20.2 Å². The molecule has 0 aliphatic carbocycles. The van der Waals surface area contributed by atoms with Gasteiger partial charge in [0.05, 0.1) is 10.9 Å². The second kappa shape index (κ2) is 10.5. The Morgan fingerprint density at radius 2 is 0.694 bits per heavy atom. The van der Waals surface area contributed by atoms with Gasteiger partial charge < -0.3 is 19.7 Å². The highest BCUT2D eigenvalue weighted by Crippen LogP contribution is 2.35. The van der Waals surface area contributed by atoms with Crippen LogP contribution >= 0.6 is 0 Å². The van der Waals surface area contributed by atoms with Crippen molar-refractivity contribution >= 4 is 10.9 Å². The Balaban J connectivity index is 1.41. The van der Waals surface area contributed by atoms with Crippen LogP contribution in [0.4, 0.5) is 0 Å². The van der Waals surface area contributed by atoms with Crippen molar-refractivity contribution in [3.8, 4) is 34.5 Å². The standard InChI is InChI=1S/C31H24O4S/c1-22-2-16-29(17-3-22)36(30-18-12-27(13-19-30)34-25-8-4-23(32)5-9-25)31-20-14-28(15-21-31)35-26-10-6-24(33)7-11-26/h2-21H,1H3,(H-,32,33)/p+1. The highest BCUT2D eigenvalue weighted by Gasteiger charge is 2.28. The summed E-state index contributed by atoms with van der Waals surface area (Å²) in [4.78, 5) is 3.56. The lowest BCUT2D eigenvalue weighted by atomic mass is 10.2. The minimum atomic E-state index is -0.316. The summed E-state index contributed by atoms with van der Waals surface area (Å²) >= 11 is 0. The van der Waals surface area contributed by atoms with E-state index in [4.69, 9.17) is 9.47 Å². The average Bonchev–Trinajstić information content (AvgIpc) is 2.90. The lowest BCUT2D eigenvalue weighted by Crippen LogP contribution is -2.05. The molecule has 4 nitrogen and oxygen atoms in total. The molecule has 5 rings (SSSR count). The Bertz CT molecular complexity index is 1320. The van der Waals surface area contributed by atoms with Crippen LogP contribution in [0.5, 0.6) is 34.5 Å². The van der Waals surface area contributed by atoms with Crippen LogP contribution in [0, 0.1) is 6.92 Å². The van der Waals surface area contributed by atoms with Gasteiger partial charge in [-0.1, -0.05) is 17.7 Å². The van der Waals surface area contributed by atoms with Crippen molar-refractivity contribution in [2.24, 2.45) is 0 Å². The van der Waals surface area contributed by atoms with Gasteiger partial charge in [0.25, 0.3) is 0 Å². The van der Waals surface area contributed by atoms with Gasteiger partial charge in [-0.25, -0.2) is 0 Å². The normalized spacial score (nSPS) is 10.8. The van der Waals surface area contributed by atoms with Gasteiger partial charge in [0.2, 0.25) is 0 Å². The second-order valence-corrected chi connectivity index (χ2v) is 10.3. The smallest absolute Gasteiger partial charge is 0.166 e. The van der Waals surface area contributed by atoms with Gasteiger partial charge in [0.1, 0.15) is 34.5 Å². The summed E-state index contributed by atoms with van der Waals surface area (Å²) in [5, 5.41) is 19.0. The fraction of sp³-hybridized carbons (Fsp3) is 0.0323. The average molecular weight is 494 g/mol. The zero-order valence-corrected chi connectivity index (χ0v) is 20.5. The molecule has 0 aliphatic heterocycles. The van der Waals surface area contributed by atoms with E-state index in [9.17, 15) is 10.2 Å². The minimum Gasteiger partial charge on any atom is -0.508 e. The Morgan fingerprint density at radius 3 is 1.03 bits per heavy atom. The van der Waals surface area contributed by atoms with E-state index in [0.717, 1.165) is 11.5 Å². The zero-order chi connectivity index (χ0) is 24.9. The quantitative estimate of drug-likeness (QED) is 0.225. The largest absolute Gasteiger partial charge is 0.508 e. The van der Waals surface area contributed by atoms with E-state index in [1.54, 1.807) is 48.5 Å². The van der Waals surface area contributed by atoms with Crippen LogP contribution in [0.1, 0.15) is 5.56 Å². The first-order valence-electron chi connectivity index (χ1n) is 11.5. The molecular weight excluding hydrogens is 468 g/mol. The fourth-order valence-electron chi connectivity index (χ4n) is 3.67.